The maximum atomic E-state index is 11.7. The minimum Gasteiger partial charge on any atom is -0.444 e. The van der Waals surface area contributed by atoms with Crippen LogP contribution in [0.1, 0.15) is 31.9 Å². The minimum absolute atomic E-state index is 0.431. The fraction of sp³-hybridized carbons (Fsp3) is 0.286. The Morgan fingerprint density at radius 3 is 2.36 bits per heavy atom. The Morgan fingerprint density at radius 2 is 1.75 bits per heavy atom. The highest BCUT2D eigenvalue weighted by atomic mass is 32.2. The van der Waals surface area contributed by atoms with Gasteiger partial charge < -0.3 is 10.1 Å². The summed E-state index contributed by atoms with van der Waals surface area (Å²) >= 11 is 0. The number of nitrogens with one attached hydrogen (secondary N) is 1. The molecule has 0 atom stereocenters. The van der Waals surface area contributed by atoms with Gasteiger partial charge in [-0.25, -0.2) is 18.4 Å². The largest absolute Gasteiger partial charge is 0.444 e. The summed E-state index contributed by atoms with van der Waals surface area (Å²) in [5.41, 5.74) is 3.17. The SMILES string of the molecule is CC(C)(C)OC(=O)NCCc1ccc(-c2ccccc2/C=C/S(N)(=O)=O)cc1. The van der Waals surface area contributed by atoms with Crippen LogP contribution in [0.25, 0.3) is 17.2 Å². The number of nitrogens with two attached hydrogens (primary N) is 1. The maximum absolute atomic E-state index is 11.7. The zero-order valence-electron chi connectivity index (χ0n) is 16.3. The third-order valence-electron chi connectivity index (χ3n) is 3.74. The molecule has 2 aromatic carbocycles. The molecule has 0 unspecified atom stereocenters. The van der Waals surface area contributed by atoms with Crippen LogP contribution in [0.4, 0.5) is 4.79 Å². The predicted molar refractivity (Wildman–Crippen MR) is 112 cm³/mol. The van der Waals surface area contributed by atoms with Crippen molar-refractivity contribution in [3.8, 4) is 11.1 Å². The topological polar surface area (TPSA) is 98.5 Å². The van der Waals surface area contributed by atoms with Crippen molar-refractivity contribution in [1.29, 1.82) is 0 Å². The lowest BCUT2D eigenvalue weighted by Gasteiger charge is -2.19. The normalized spacial score (nSPS) is 12.1. The first-order valence-corrected chi connectivity index (χ1v) is 10.5. The first kappa shape index (κ1) is 21.7. The van der Waals surface area contributed by atoms with E-state index in [1.54, 1.807) is 0 Å². The standard InChI is InChI=1S/C21H26N2O4S/c1-21(2,3)27-20(24)23-14-12-16-8-10-18(11-9-16)19-7-5-4-6-17(19)13-15-28(22,25)26/h4-11,13,15H,12,14H2,1-3H3,(H,23,24)(H2,22,25,26)/b15-13+. The lowest BCUT2D eigenvalue weighted by molar-refractivity contribution is 0.0528. The van der Waals surface area contributed by atoms with Crippen molar-refractivity contribution < 1.29 is 17.9 Å². The molecular formula is C21H26N2O4S. The van der Waals surface area contributed by atoms with Crippen LogP contribution in [0.3, 0.4) is 0 Å². The van der Waals surface area contributed by atoms with Crippen molar-refractivity contribution in [3.63, 3.8) is 0 Å². The van der Waals surface area contributed by atoms with Gasteiger partial charge in [0.25, 0.3) is 0 Å². The molecule has 0 aromatic heterocycles. The summed E-state index contributed by atoms with van der Waals surface area (Å²) in [5.74, 6) is 0. The van der Waals surface area contributed by atoms with Crippen LogP contribution >= 0.6 is 0 Å². The van der Waals surface area contributed by atoms with E-state index >= 15 is 0 Å². The van der Waals surface area contributed by atoms with E-state index in [9.17, 15) is 13.2 Å². The number of primary sulfonamides is 1. The van der Waals surface area contributed by atoms with Gasteiger partial charge in [-0.05, 0) is 55.5 Å². The molecule has 0 saturated carbocycles. The van der Waals surface area contributed by atoms with Gasteiger partial charge in [0.05, 0.1) is 0 Å². The second-order valence-electron chi connectivity index (χ2n) is 7.35. The van der Waals surface area contributed by atoms with Crippen LogP contribution in [-0.4, -0.2) is 26.7 Å². The van der Waals surface area contributed by atoms with E-state index < -0.39 is 21.7 Å². The van der Waals surface area contributed by atoms with Gasteiger partial charge in [-0.1, -0.05) is 48.5 Å². The van der Waals surface area contributed by atoms with E-state index in [1.165, 1.54) is 6.08 Å². The van der Waals surface area contributed by atoms with Gasteiger partial charge in [-0.15, -0.1) is 0 Å². The zero-order chi connectivity index (χ0) is 20.8. The van der Waals surface area contributed by atoms with Crippen LogP contribution in [0.5, 0.6) is 0 Å². The highest BCUT2D eigenvalue weighted by Crippen LogP contribution is 2.25. The van der Waals surface area contributed by atoms with E-state index in [0.717, 1.165) is 27.7 Å². The molecule has 2 rings (SSSR count). The second-order valence-corrected chi connectivity index (χ2v) is 8.80. The molecule has 0 aliphatic heterocycles. The highest BCUT2D eigenvalue weighted by molar-refractivity contribution is 7.92. The van der Waals surface area contributed by atoms with Crippen LogP contribution < -0.4 is 10.5 Å². The third-order valence-corrected chi connectivity index (χ3v) is 4.26. The summed E-state index contributed by atoms with van der Waals surface area (Å²) in [7, 11) is -3.68. The number of hydrogen-bond acceptors (Lipinski definition) is 4. The van der Waals surface area contributed by atoms with Gasteiger partial charge in [0.15, 0.2) is 0 Å². The molecule has 1 amide bonds. The highest BCUT2D eigenvalue weighted by Gasteiger charge is 2.15. The molecule has 0 bridgehead atoms. The summed E-state index contributed by atoms with van der Waals surface area (Å²) in [6.07, 6.45) is 1.73. The van der Waals surface area contributed by atoms with E-state index in [0.29, 0.717) is 13.0 Å². The van der Waals surface area contributed by atoms with Crippen molar-refractivity contribution >= 4 is 22.2 Å². The van der Waals surface area contributed by atoms with Gasteiger partial charge in [0.2, 0.25) is 10.0 Å². The molecule has 150 valence electrons. The first-order valence-electron chi connectivity index (χ1n) is 8.89. The fourth-order valence-corrected chi connectivity index (χ4v) is 2.88. The Morgan fingerprint density at radius 1 is 1.11 bits per heavy atom. The molecule has 0 saturated heterocycles. The second kappa shape index (κ2) is 9.03. The summed E-state index contributed by atoms with van der Waals surface area (Å²) in [4.78, 5) is 11.7. The number of alkyl carbamates (subject to hydrolysis) is 1. The van der Waals surface area contributed by atoms with E-state index in [4.69, 9.17) is 9.88 Å². The molecule has 0 fully saturated rings. The lowest BCUT2D eigenvalue weighted by atomic mass is 9.98. The minimum atomic E-state index is -3.68. The number of benzene rings is 2. The molecule has 2 aromatic rings. The molecule has 6 nitrogen and oxygen atoms in total. The number of carbonyl (C=O) groups is 1. The Balaban J connectivity index is 2.04. The molecule has 7 heteroatoms. The summed E-state index contributed by atoms with van der Waals surface area (Å²) in [6.45, 7) is 5.94. The molecule has 0 heterocycles. The quantitative estimate of drug-likeness (QED) is 0.770. The van der Waals surface area contributed by atoms with Crippen molar-refractivity contribution in [1.82, 2.24) is 5.32 Å². The van der Waals surface area contributed by atoms with E-state index in [-0.39, 0.29) is 0 Å². The Kier molecular flexibility index (Phi) is 6.99. The molecule has 3 N–H and O–H groups in total. The van der Waals surface area contributed by atoms with E-state index in [1.807, 2.05) is 69.3 Å². The molecule has 28 heavy (non-hydrogen) atoms. The van der Waals surface area contributed by atoms with Crippen LogP contribution in [0.2, 0.25) is 0 Å². The predicted octanol–water partition coefficient (Wildman–Crippen LogP) is 3.68. The number of amides is 1. The van der Waals surface area contributed by atoms with Gasteiger partial charge in [0, 0.05) is 12.0 Å². The number of ether oxygens (including phenoxy) is 1. The molecule has 0 spiro atoms. The Bertz CT molecular complexity index is 943. The monoisotopic (exact) mass is 402 g/mol. The molecular weight excluding hydrogens is 376 g/mol. The first-order chi connectivity index (χ1) is 13.0. The number of sulfonamides is 1. The van der Waals surface area contributed by atoms with Crippen molar-refractivity contribution in [2.24, 2.45) is 5.14 Å². The Hall–Kier alpha value is -2.64. The lowest BCUT2D eigenvalue weighted by Crippen LogP contribution is -2.33. The molecule has 0 radical (unpaired) electrons. The average Bonchev–Trinajstić information content (AvgIpc) is 2.59. The van der Waals surface area contributed by atoms with Crippen molar-refractivity contribution in [2.45, 2.75) is 32.8 Å². The number of rotatable bonds is 6. The van der Waals surface area contributed by atoms with Crippen molar-refractivity contribution in [2.75, 3.05) is 6.54 Å². The molecule has 0 aliphatic rings. The maximum Gasteiger partial charge on any atom is 0.407 e. The summed E-state index contributed by atoms with van der Waals surface area (Å²) in [5, 5.41) is 8.76. The van der Waals surface area contributed by atoms with Crippen LogP contribution in [0, 0.1) is 0 Å². The summed E-state index contributed by atoms with van der Waals surface area (Å²) < 4.78 is 27.6. The van der Waals surface area contributed by atoms with Gasteiger partial charge in [-0.3, -0.25) is 0 Å². The van der Waals surface area contributed by atoms with Gasteiger partial charge >= 0.3 is 6.09 Å². The van der Waals surface area contributed by atoms with Gasteiger partial charge in [0.1, 0.15) is 5.60 Å². The Labute approximate surface area is 166 Å². The number of hydrogen-bond donors (Lipinski definition) is 2. The zero-order valence-corrected chi connectivity index (χ0v) is 17.1. The van der Waals surface area contributed by atoms with Gasteiger partial charge in [-0.2, -0.15) is 0 Å². The van der Waals surface area contributed by atoms with Crippen molar-refractivity contribution in [3.05, 3.63) is 65.1 Å². The summed E-state index contributed by atoms with van der Waals surface area (Å²) in [6, 6.07) is 15.4. The van der Waals surface area contributed by atoms with Crippen LogP contribution in [0.15, 0.2) is 53.9 Å². The third kappa shape index (κ3) is 7.54. The smallest absolute Gasteiger partial charge is 0.407 e. The number of carbonyl (C=O) groups excluding carboxylic acids is 1. The fourth-order valence-electron chi connectivity index (χ4n) is 2.55. The molecule has 0 aliphatic carbocycles. The average molecular weight is 403 g/mol. The van der Waals surface area contributed by atoms with Crippen LogP contribution in [-0.2, 0) is 21.2 Å². The van der Waals surface area contributed by atoms with E-state index in [2.05, 4.69) is 5.32 Å².